The van der Waals surface area contributed by atoms with Crippen LogP contribution in [-0.2, 0) is 14.4 Å². The van der Waals surface area contributed by atoms with Gasteiger partial charge < -0.3 is 10.5 Å². The maximum absolute atomic E-state index is 11.6. The second-order valence-electron chi connectivity index (χ2n) is 4.14. The molecule has 1 atom stereocenters. The topological polar surface area (TPSA) is 73.6 Å². The summed E-state index contributed by atoms with van der Waals surface area (Å²) in [5.74, 6) is -0.0212. The minimum atomic E-state index is -0.143. The fourth-order valence-electron chi connectivity index (χ4n) is 1.52. The molecule has 0 aliphatic carbocycles. The summed E-state index contributed by atoms with van der Waals surface area (Å²) in [5, 5.41) is 0. The third-order valence-corrected chi connectivity index (χ3v) is 2.57. The van der Waals surface area contributed by atoms with Gasteiger partial charge in [-0.3, -0.25) is 9.63 Å². The van der Waals surface area contributed by atoms with E-state index < -0.39 is 0 Å². The number of rotatable bonds is 7. The molecule has 1 rings (SSSR count). The quantitative estimate of drug-likeness (QED) is 0.437. The van der Waals surface area contributed by atoms with Gasteiger partial charge in [-0.2, -0.15) is 0 Å². The number of amides is 1. The molecule has 0 saturated carbocycles. The van der Waals surface area contributed by atoms with E-state index in [1.165, 1.54) is 0 Å². The Morgan fingerprint density at radius 3 is 2.61 bits per heavy atom. The first-order valence-corrected chi connectivity index (χ1v) is 5.88. The van der Waals surface area contributed by atoms with Crippen molar-refractivity contribution in [3.8, 4) is 0 Å². The number of benzene rings is 1. The molecule has 0 aliphatic heterocycles. The highest BCUT2D eigenvalue weighted by atomic mass is 16.7. The van der Waals surface area contributed by atoms with Gasteiger partial charge in [-0.15, -0.1) is 0 Å². The van der Waals surface area contributed by atoms with E-state index >= 15 is 0 Å². The van der Waals surface area contributed by atoms with Gasteiger partial charge in [0.2, 0.25) is 5.91 Å². The van der Waals surface area contributed by atoms with E-state index in [1.807, 2.05) is 31.2 Å². The van der Waals surface area contributed by atoms with Crippen molar-refractivity contribution in [1.29, 1.82) is 0 Å². The molecule has 1 aromatic rings. The first-order chi connectivity index (χ1) is 8.63. The molecule has 0 heterocycles. The second kappa shape index (κ2) is 7.68. The molecule has 1 amide bonds. The SMILES string of the molecule is COCCONC(=O)CC(C)c1ccc(N)cc1. The molecule has 100 valence electrons. The zero-order valence-electron chi connectivity index (χ0n) is 10.8. The van der Waals surface area contributed by atoms with Crippen molar-refractivity contribution in [1.82, 2.24) is 5.48 Å². The fraction of sp³-hybridized carbons (Fsp3) is 0.462. The van der Waals surface area contributed by atoms with Crippen LogP contribution in [0.4, 0.5) is 5.69 Å². The largest absolute Gasteiger partial charge is 0.399 e. The number of nitrogens with one attached hydrogen (secondary N) is 1. The Bertz CT molecular complexity index is 365. The zero-order chi connectivity index (χ0) is 13.4. The third kappa shape index (κ3) is 5.16. The zero-order valence-corrected chi connectivity index (χ0v) is 10.8. The molecule has 5 heteroatoms. The smallest absolute Gasteiger partial charge is 0.244 e. The first-order valence-electron chi connectivity index (χ1n) is 5.88. The van der Waals surface area contributed by atoms with Crippen molar-refractivity contribution in [2.24, 2.45) is 0 Å². The van der Waals surface area contributed by atoms with Crippen LogP contribution in [0.15, 0.2) is 24.3 Å². The summed E-state index contributed by atoms with van der Waals surface area (Å²) in [6.45, 7) is 2.78. The lowest BCUT2D eigenvalue weighted by molar-refractivity contribution is -0.134. The summed E-state index contributed by atoms with van der Waals surface area (Å²) in [6, 6.07) is 7.52. The van der Waals surface area contributed by atoms with Gasteiger partial charge in [-0.25, -0.2) is 5.48 Å². The summed E-state index contributed by atoms with van der Waals surface area (Å²) in [6.07, 6.45) is 0.372. The third-order valence-electron chi connectivity index (χ3n) is 2.57. The number of nitrogen functional groups attached to an aromatic ring is 1. The monoisotopic (exact) mass is 252 g/mol. The number of nitrogens with two attached hydrogens (primary N) is 1. The number of ether oxygens (including phenoxy) is 1. The van der Waals surface area contributed by atoms with E-state index in [0.717, 1.165) is 11.3 Å². The predicted molar refractivity (Wildman–Crippen MR) is 69.9 cm³/mol. The number of anilines is 1. The average molecular weight is 252 g/mol. The number of carbonyl (C=O) groups excluding carboxylic acids is 1. The lowest BCUT2D eigenvalue weighted by Crippen LogP contribution is -2.26. The van der Waals surface area contributed by atoms with Gasteiger partial charge in [0.15, 0.2) is 0 Å². The second-order valence-corrected chi connectivity index (χ2v) is 4.14. The van der Waals surface area contributed by atoms with Gasteiger partial charge in [-0.05, 0) is 23.6 Å². The van der Waals surface area contributed by atoms with Crippen molar-refractivity contribution in [2.45, 2.75) is 19.3 Å². The van der Waals surface area contributed by atoms with Crippen LogP contribution in [0.3, 0.4) is 0 Å². The van der Waals surface area contributed by atoms with Gasteiger partial charge in [-0.1, -0.05) is 19.1 Å². The Morgan fingerprint density at radius 2 is 2.00 bits per heavy atom. The van der Waals surface area contributed by atoms with E-state index in [4.69, 9.17) is 15.3 Å². The van der Waals surface area contributed by atoms with E-state index in [2.05, 4.69) is 5.48 Å². The standard InChI is InChI=1S/C13H20N2O3/c1-10(11-3-5-12(14)6-4-11)9-13(16)15-18-8-7-17-2/h3-6,10H,7-9,14H2,1-2H3,(H,15,16). The Morgan fingerprint density at radius 1 is 1.33 bits per heavy atom. The molecule has 0 fully saturated rings. The molecule has 0 radical (unpaired) electrons. The number of carbonyl (C=O) groups is 1. The van der Waals surface area contributed by atoms with Gasteiger partial charge in [0, 0.05) is 19.2 Å². The van der Waals surface area contributed by atoms with E-state index in [0.29, 0.717) is 19.6 Å². The average Bonchev–Trinajstić information content (AvgIpc) is 2.35. The predicted octanol–water partition coefficient (Wildman–Crippen LogP) is 1.46. The molecule has 0 bridgehead atoms. The summed E-state index contributed by atoms with van der Waals surface area (Å²) in [4.78, 5) is 16.5. The maximum atomic E-state index is 11.6. The number of methoxy groups -OCH3 is 1. The molecule has 0 aromatic heterocycles. The van der Waals surface area contributed by atoms with Crippen LogP contribution in [0.25, 0.3) is 0 Å². The van der Waals surface area contributed by atoms with Crippen LogP contribution in [0.1, 0.15) is 24.8 Å². The molecule has 18 heavy (non-hydrogen) atoms. The van der Waals surface area contributed by atoms with Gasteiger partial charge in [0.25, 0.3) is 0 Å². The normalized spacial score (nSPS) is 12.1. The molecule has 1 unspecified atom stereocenters. The molecule has 5 nitrogen and oxygen atoms in total. The van der Waals surface area contributed by atoms with Crippen LogP contribution in [0, 0.1) is 0 Å². The van der Waals surface area contributed by atoms with Crippen LogP contribution in [-0.4, -0.2) is 26.2 Å². The molecule has 3 N–H and O–H groups in total. The van der Waals surface area contributed by atoms with Gasteiger partial charge >= 0.3 is 0 Å². The lowest BCUT2D eigenvalue weighted by Gasteiger charge is -2.12. The highest BCUT2D eigenvalue weighted by Crippen LogP contribution is 2.19. The summed E-state index contributed by atoms with van der Waals surface area (Å²) >= 11 is 0. The van der Waals surface area contributed by atoms with Crippen molar-refractivity contribution < 1.29 is 14.4 Å². The van der Waals surface area contributed by atoms with Crippen molar-refractivity contribution in [3.63, 3.8) is 0 Å². The van der Waals surface area contributed by atoms with E-state index in [9.17, 15) is 4.79 Å². The molecule has 0 saturated heterocycles. The number of hydrogen-bond acceptors (Lipinski definition) is 4. The Labute approximate surface area is 107 Å². The summed E-state index contributed by atoms with van der Waals surface area (Å²) in [5.41, 5.74) is 9.80. The molecule has 0 spiro atoms. The highest BCUT2D eigenvalue weighted by molar-refractivity contribution is 5.75. The van der Waals surface area contributed by atoms with Crippen LogP contribution < -0.4 is 11.2 Å². The van der Waals surface area contributed by atoms with E-state index in [-0.39, 0.29) is 11.8 Å². The van der Waals surface area contributed by atoms with Crippen LogP contribution in [0.5, 0.6) is 0 Å². The summed E-state index contributed by atoms with van der Waals surface area (Å²) < 4.78 is 4.80. The molecular formula is C13H20N2O3. The maximum Gasteiger partial charge on any atom is 0.244 e. The summed E-state index contributed by atoms with van der Waals surface area (Å²) in [7, 11) is 1.58. The minimum Gasteiger partial charge on any atom is -0.399 e. The highest BCUT2D eigenvalue weighted by Gasteiger charge is 2.11. The minimum absolute atomic E-state index is 0.122. The lowest BCUT2D eigenvalue weighted by atomic mass is 9.97. The number of hydrogen-bond donors (Lipinski definition) is 2. The first kappa shape index (κ1) is 14.5. The number of hydroxylamine groups is 1. The van der Waals surface area contributed by atoms with E-state index in [1.54, 1.807) is 7.11 Å². The molecule has 1 aromatic carbocycles. The fourth-order valence-corrected chi connectivity index (χ4v) is 1.52. The van der Waals surface area contributed by atoms with Crippen LogP contribution >= 0.6 is 0 Å². The molecular weight excluding hydrogens is 232 g/mol. The molecule has 0 aliphatic rings. The van der Waals surface area contributed by atoms with Crippen molar-refractivity contribution >= 4 is 11.6 Å². The van der Waals surface area contributed by atoms with Gasteiger partial charge in [0.05, 0.1) is 13.2 Å². The van der Waals surface area contributed by atoms with Crippen molar-refractivity contribution in [3.05, 3.63) is 29.8 Å². The van der Waals surface area contributed by atoms with Crippen molar-refractivity contribution in [2.75, 3.05) is 26.1 Å². The van der Waals surface area contributed by atoms with Crippen LogP contribution in [0.2, 0.25) is 0 Å². The Kier molecular flexibility index (Phi) is 6.18. The Hall–Kier alpha value is -1.59. The van der Waals surface area contributed by atoms with Gasteiger partial charge in [0.1, 0.15) is 0 Å². The Balaban J connectivity index is 2.33.